The van der Waals surface area contributed by atoms with Gasteiger partial charge in [0, 0.05) is 12.2 Å². The van der Waals surface area contributed by atoms with Gasteiger partial charge in [0.1, 0.15) is 5.75 Å². The molecule has 0 bridgehead atoms. The zero-order chi connectivity index (χ0) is 16.8. The predicted octanol–water partition coefficient (Wildman–Crippen LogP) is 2.70. The molecule has 0 radical (unpaired) electrons. The van der Waals surface area contributed by atoms with E-state index in [0.29, 0.717) is 26.0 Å². The van der Waals surface area contributed by atoms with E-state index in [0.717, 1.165) is 17.0 Å². The van der Waals surface area contributed by atoms with Crippen LogP contribution in [0.25, 0.3) is 0 Å². The summed E-state index contributed by atoms with van der Waals surface area (Å²) in [5.74, 6) is 0.488. The number of fused-ring (bicyclic) bond motifs is 1. The Labute approximate surface area is 141 Å². The van der Waals surface area contributed by atoms with E-state index in [2.05, 4.69) is 10.6 Å². The highest BCUT2D eigenvalue weighted by atomic mass is 16.5. The van der Waals surface area contributed by atoms with Gasteiger partial charge in [0.05, 0.1) is 18.9 Å². The summed E-state index contributed by atoms with van der Waals surface area (Å²) in [5.41, 5.74) is 1.87. The lowest BCUT2D eigenvalue weighted by Gasteiger charge is -2.10. The van der Waals surface area contributed by atoms with Gasteiger partial charge >= 0.3 is 0 Å². The first-order chi connectivity index (χ1) is 11.7. The maximum atomic E-state index is 12.0. The first-order valence-corrected chi connectivity index (χ1v) is 8.08. The molecule has 2 N–H and O–H groups in total. The van der Waals surface area contributed by atoms with Crippen molar-refractivity contribution in [3.8, 4) is 5.75 Å². The molecule has 2 aromatic rings. The summed E-state index contributed by atoms with van der Waals surface area (Å²) < 4.78 is 5.50. The number of rotatable bonds is 7. The monoisotopic (exact) mass is 324 g/mol. The molecule has 24 heavy (non-hydrogen) atoms. The van der Waals surface area contributed by atoms with Crippen molar-refractivity contribution in [3.05, 3.63) is 60.2 Å². The van der Waals surface area contributed by atoms with Crippen molar-refractivity contribution in [1.29, 1.82) is 0 Å². The fraction of sp³-hybridized carbons (Fsp3) is 0.263. The van der Waals surface area contributed by atoms with E-state index in [9.17, 15) is 9.59 Å². The molecule has 1 aliphatic rings. The van der Waals surface area contributed by atoms with E-state index in [1.807, 2.05) is 54.6 Å². The number of anilines is 1. The van der Waals surface area contributed by atoms with Gasteiger partial charge in [-0.25, -0.2) is 0 Å². The Morgan fingerprint density at radius 1 is 1.08 bits per heavy atom. The van der Waals surface area contributed by atoms with Gasteiger partial charge in [0.25, 0.3) is 0 Å². The Hall–Kier alpha value is -2.82. The third-order valence-corrected chi connectivity index (χ3v) is 4.01. The van der Waals surface area contributed by atoms with Gasteiger partial charge in [-0.3, -0.25) is 9.59 Å². The number of carbonyl (C=O) groups is 2. The minimum absolute atomic E-state index is 0.00198. The van der Waals surface area contributed by atoms with Crippen molar-refractivity contribution in [2.45, 2.75) is 18.8 Å². The van der Waals surface area contributed by atoms with Gasteiger partial charge < -0.3 is 15.4 Å². The molecule has 1 aliphatic heterocycles. The minimum atomic E-state index is -0.193. The van der Waals surface area contributed by atoms with E-state index in [1.165, 1.54) is 0 Å². The number of amides is 2. The van der Waals surface area contributed by atoms with Crippen LogP contribution in [0.4, 0.5) is 5.69 Å². The van der Waals surface area contributed by atoms with Crippen molar-refractivity contribution in [3.63, 3.8) is 0 Å². The van der Waals surface area contributed by atoms with Crippen molar-refractivity contribution in [2.24, 2.45) is 0 Å². The van der Waals surface area contributed by atoms with Crippen molar-refractivity contribution >= 4 is 17.5 Å². The average molecular weight is 324 g/mol. The van der Waals surface area contributed by atoms with Crippen LogP contribution in [-0.2, 0) is 9.59 Å². The quantitative estimate of drug-likeness (QED) is 0.823. The summed E-state index contributed by atoms with van der Waals surface area (Å²) in [6.07, 6.45) is 0.885. The molecule has 0 aromatic heterocycles. The third kappa shape index (κ3) is 3.93. The normalized spacial score (nSPS) is 15.5. The van der Waals surface area contributed by atoms with Crippen LogP contribution < -0.4 is 15.4 Å². The number of hydrogen-bond acceptors (Lipinski definition) is 3. The summed E-state index contributed by atoms with van der Waals surface area (Å²) in [4.78, 5) is 23.8. The zero-order valence-corrected chi connectivity index (χ0v) is 13.3. The fourth-order valence-electron chi connectivity index (χ4n) is 2.78. The Bertz CT molecular complexity index is 716. The van der Waals surface area contributed by atoms with E-state index in [4.69, 9.17) is 4.74 Å². The Balaban J connectivity index is 1.39. The molecule has 1 heterocycles. The summed E-state index contributed by atoms with van der Waals surface area (Å²) in [6.45, 7) is 0.805. The molecule has 0 fully saturated rings. The van der Waals surface area contributed by atoms with E-state index in [-0.39, 0.29) is 17.7 Å². The van der Waals surface area contributed by atoms with Crippen LogP contribution in [0.5, 0.6) is 5.75 Å². The molecular formula is C19H20N2O3. The van der Waals surface area contributed by atoms with Gasteiger partial charge in [-0.15, -0.1) is 0 Å². The summed E-state index contributed by atoms with van der Waals surface area (Å²) in [7, 11) is 0. The second-order valence-electron chi connectivity index (χ2n) is 5.68. The summed E-state index contributed by atoms with van der Waals surface area (Å²) in [6, 6.07) is 17.1. The highest BCUT2D eigenvalue weighted by molar-refractivity contribution is 6.02. The van der Waals surface area contributed by atoms with E-state index < -0.39 is 0 Å². The van der Waals surface area contributed by atoms with Crippen LogP contribution in [0.3, 0.4) is 0 Å². The average Bonchev–Trinajstić information content (AvgIpc) is 2.92. The number of ether oxygens (including phenoxy) is 1. The first-order valence-electron chi connectivity index (χ1n) is 8.08. The Morgan fingerprint density at radius 3 is 2.67 bits per heavy atom. The van der Waals surface area contributed by atoms with Gasteiger partial charge in [-0.1, -0.05) is 36.4 Å². The van der Waals surface area contributed by atoms with Crippen LogP contribution in [0.1, 0.15) is 24.3 Å². The van der Waals surface area contributed by atoms with Crippen molar-refractivity contribution in [2.75, 3.05) is 18.5 Å². The molecule has 3 rings (SSSR count). The van der Waals surface area contributed by atoms with Crippen molar-refractivity contribution in [1.82, 2.24) is 5.32 Å². The van der Waals surface area contributed by atoms with E-state index >= 15 is 0 Å². The molecule has 2 amide bonds. The zero-order valence-electron chi connectivity index (χ0n) is 13.3. The molecule has 5 heteroatoms. The summed E-state index contributed by atoms with van der Waals surface area (Å²) in [5, 5.41) is 5.71. The third-order valence-electron chi connectivity index (χ3n) is 4.01. The Morgan fingerprint density at radius 2 is 1.83 bits per heavy atom. The van der Waals surface area contributed by atoms with Gasteiger partial charge in [0.15, 0.2) is 0 Å². The Kier molecular flexibility index (Phi) is 5.11. The molecule has 5 nitrogen and oxygen atoms in total. The van der Waals surface area contributed by atoms with Gasteiger partial charge in [-0.05, 0) is 30.2 Å². The second-order valence-corrected chi connectivity index (χ2v) is 5.68. The lowest BCUT2D eigenvalue weighted by molar-refractivity contribution is -0.122. The van der Waals surface area contributed by atoms with Crippen molar-refractivity contribution < 1.29 is 14.3 Å². The molecule has 2 aromatic carbocycles. The topological polar surface area (TPSA) is 67.4 Å². The van der Waals surface area contributed by atoms with Gasteiger partial charge in [0.2, 0.25) is 11.8 Å². The maximum Gasteiger partial charge on any atom is 0.232 e. The molecule has 1 atom stereocenters. The lowest BCUT2D eigenvalue weighted by atomic mass is 9.97. The van der Waals surface area contributed by atoms with Crippen LogP contribution in [0.15, 0.2) is 54.6 Å². The van der Waals surface area contributed by atoms with Crippen LogP contribution in [0.2, 0.25) is 0 Å². The van der Waals surface area contributed by atoms with Crippen LogP contribution >= 0.6 is 0 Å². The number of carbonyl (C=O) groups excluding carboxylic acids is 2. The molecule has 0 saturated heterocycles. The molecule has 0 spiro atoms. The largest absolute Gasteiger partial charge is 0.493 e. The number of hydrogen-bond donors (Lipinski definition) is 2. The first kappa shape index (κ1) is 16.1. The molecule has 0 aliphatic carbocycles. The maximum absolute atomic E-state index is 12.0. The highest BCUT2D eigenvalue weighted by Gasteiger charge is 2.29. The molecule has 0 saturated carbocycles. The van der Waals surface area contributed by atoms with Gasteiger partial charge in [-0.2, -0.15) is 0 Å². The predicted molar refractivity (Wildman–Crippen MR) is 92.0 cm³/mol. The van der Waals surface area contributed by atoms with Crippen LogP contribution in [-0.4, -0.2) is 25.0 Å². The molecular weight excluding hydrogens is 304 g/mol. The second kappa shape index (κ2) is 7.64. The van der Waals surface area contributed by atoms with E-state index in [1.54, 1.807) is 0 Å². The highest BCUT2D eigenvalue weighted by Crippen LogP contribution is 2.33. The summed E-state index contributed by atoms with van der Waals surface area (Å²) >= 11 is 0. The molecule has 1 unspecified atom stereocenters. The SMILES string of the molecule is O=C(CCOc1ccccc1)NCCC1C(=O)Nc2ccccc21. The van der Waals surface area contributed by atoms with Crippen LogP contribution in [0, 0.1) is 0 Å². The fourth-order valence-corrected chi connectivity index (χ4v) is 2.78. The standard InChI is InChI=1S/C19H20N2O3/c22-18(11-13-24-14-6-2-1-3-7-14)20-12-10-16-15-8-4-5-9-17(15)21-19(16)23/h1-9,16H,10-13H2,(H,20,22)(H,21,23). The molecule has 124 valence electrons. The lowest BCUT2D eigenvalue weighted by Crippen LogP contribution is -2.28. The number of nitrogens with one attached hydrogen (secondary N) is 2. The number of benzene rings is 2. The number of para-hydroxylation sites is 2. The smallest absolute Gasteiger partial charge is 0.232 e. The minimum Gasteiger partial charge on any atom is -0.493 e.